The van der Waals surface area contributed by atoms with Crippen molar-refractivity contribution in [3.8, 4) is 17.2 Å². The number of carbonyl (C=O) groups excluding carboxylic acids is 1. The second-order valence-corrected chi connectivity index (χ2v) is 6.31. The number of hydrogen-bond acceptors (Lipinski definition) is 5. The predicted octanol–water partition coefficient (Wildman–Crippen LogP) is 3.70. The average Bonchev–Trinajstić information content (AvgIpc) is 2.58. The highest BCUT2D eigenvalue weighted by Gasteiger charge is 2.12. The molecule has 1 amide bonds. The molecule has 0 aliphatic carbocycles. The maximum Gasteiger partial charge on any atom is 0.275 e. The number of methoxy groups -OCH3 is 2. The van der Waals surface area contributed by atoms with Crippen molar-refractivity contribution in [2.45, 2.75) is 0 Å². The number of nitrogens with one attached hydrogen (secondary N) is 1. The number of aromatic hydroxyl groups is 1. The van der Waals surface area contributed by atoms with Gasteiger partial charge in [0.25, 0.3) is 5.91 Å². The van der Waals surface area contributed by atoms with Crippen LogP contribution < -0.4 is 14.9 Å². The first-order chi connectivity index (χ1) is 11.5. The number of benzene rings is 2. The summed E-state index contributed by atoms with van der Waals surface area (Å²) < 4.78 is 11.3. The van der Waals surface area contributed by atoms with Crippen LogP contribution in [0.4, 0.5) is 0 Å². The highest BCUT2D eigenvalue weighted by Crippen LogP contribution is 2.32. The monoisotopic (exact) mass is 456 g/mol. The zero-order valence-corrected chi connectivity index (χ0v) is 16.0. The minimum atomic E-state index is -0.414. The zero-order valence-electron chi connectivity index (χ0n) is 12.8. The minimum absolute atomic E-state index is 0.0964. The lowest BCUT2D eigenvalue weighted by molar-refractivity contribution is 0.0952. The van der Waals surface area contributed by atoms with E-state index in [4.69, 9.17) is 9.47 Å². The number of carbonyl (C=O) groups is 1. The molecular formula is C16H14Br2N2O4. The average molecular weight is 458 g/mol. The first-order valence-corrected chi connectivity index (χ1v) is 8.28. The van der Waals surface area contributed by atoms with Gasteiger partial charge in [0, 0.05) is 6.07 Å². The lowest BCUT2D eigenvalue weighted by Crippen LogP contribution is -2.18. The van der Waals surface area contributed by atoms with Gasteiger partial charge >= 0.3 is 0 Å². The molecule has 6 nitrogen and oxygen atoms in total. The van der Waals surface area contributed by atoms with Gasteiger partial charge in [-0.05, 0) is 61.7 Å². The number of nitrogens with zero attached hydrogens (tertiary/aromatic N) is 1. The first-order valence-electron chi connectivity index (χ1n) is 6.69. The molecule has 0 saturated heterocycles. The Morgan fingerprint density at radius 3 is 2.42 bits per heavy atom. The molecular weight excluding hydrogens is 444 g/mol. The number of hydrazone groups is 1. The molecule has 0 fully saturated rings. The number of amides is 1. The van der Waals surface area contributed by atoms with E-state index in [2.05, 4.69) is 42.4 Å². The van der Waals surface area contributed by atoms with E-state index in [0.29, 0.717) is 31.6 Å². The van der Waals surface area contributed by atoms with Crippen LogP contribution in [0.3, 0.4) is 0 Å². The quantitative estimate of drug-likeness (QED) is 0.530. The molecule has 2 N–H and O–H groups in total. The van der Waals surface area contributed by atoms with E-state index < -0.39 is 5.91 Å². The van der Waals surface area contributed by atoms with E-state index in [-0.39, 0.29) is 5.75 Å². The topological polar surface area (TPSA) is 80.2 Å². The molecule has 0 heterocycles. The van der Waals surface area contributed by atoms with Crippen LogP contribution in [0.1, 0.15) is 15.9 Å². The molecule has 24 heavy (non-hydrogen) atoms. The molecule has 0 atom stereocenters. The standard InChI is InChI=1S/C16H14Br2N2O4/c1-23-10-3-4-11(14(7-10)24-2)16(22)20-19-8-9-5-12(17)15(21)13(18)6-9/h3-8,21H,1-2H3,(H,20,22)/b19-8-. The number of phenolic OH excluding ortho intramolecular Hbond substituents is 1. The summed E-state index contributed by atoms with van der Waals surface area (Å²) in [6.07, 6.45) is 1.46. The van der Waals surface area contributed by atoms with E-state index >= 15 is 0 Å². The van der Waals surface area contributed by atoms with Crippen molar-refractivity contribution < 1.29 is 19.4 Å². The van der Waals surface area contributed by atoms with E-state index in [9.17, 15) is 9.90 Å². The molecule has 0 unspecified atom stereocenters. The van der Waals surface area contributed by atoms with Crippen molar-refractivity contribution in [3.05, 3.63) is 50.4 Å². The van der Waals surface area contributed by atoms with Gasteiger partial charge in [0.1, 0.15) is 17.2 Å². The smallest absolute Gasteiger partial charge is 0.275 e. The number of ether oxygens (including phenoxy) is 2. The number of phenols is 1. The molecule has 8 heteroatoms. The van der Waals surface area contributed by atoms with E-state index in [1.807, 2.05) is 0 Å². The molecule has 0 radical (unpaired) electrons. The fourth-order valence-corrected chi connectivity index (χ4v) is 3.09. The van der Waals surface area contributed by atoms with Crippen molar-refractivity contribution in [3.63, 3.8) is 0 Å². The maximum atomic E-state index is 12.2. The van der Waals surface area contributed by atoms with Crippen LogP contribution in [-0.4, -0.2) is 31.4 Å². The molecule has 0 bridgehead atoms. The summed E-state index contributed by atoms with van der Waals surface area (Å²) in [4.78, 5) is 12.2. The Hall–Kier alpha value is -2.06. The van der Waals surface area contributed by atoms with Crippen LogP contribution in [0.15, 0.2) is 44.4 Å². The van der Waals surface area contributed by atoms with Gasteiger partial charge in [-0.25, -0.2) is 5.43 Å². The molecule has 2 rings (SSSR count). The van der Waals surface area contributed by atoms with Gasteiger partial charge < -0.3 is 14.6 Å². The summed E-state index contributed by atoms with van der Waals surface area (Å²) in [6.45, 7) is 0. The van der Waals surface area contributed by atoms with Crippen molar-refractivity contribution in [1.29, 1.82) is 0 Å². The molecule has 2 aromatic carbocycles. The molecule has 0 saturated carbocycles. The van der Waals surface area contributed by atoms with Crippen molar-refractivity contribution in [2.75, 3.05) is 14.2 Å². The lowest BCUT2D eigenvalue weighted by atomic mass is 10.2. The van der Waals surface area contributed by atoms with Gasteiger partial charge in [0.05, 0.1) is 34.9 Å². The van der Waals surface area contributed by atoms with Gasteiger partial charge in [0.15, 0.2) is 0 Å². The first kappa shape index (κ1) is 18.3. The van der Waals surface area contributed by atoms with E-state index in [0.717, 1.165) is 0 Å². The van der Waals surface area contributed by atoms with Crippen LogP contribution in [0, 0.1) is 0 Å². The van der Waals surface area contributed by atoms with Gasteiger partial charge in [0.2, 0.25) is 0 Å². The fraction of sp³-hybridized carbons (Fsp3) is 0.125. The molecule has 126 valence electrons. The number of hydrogen-bond donors (Lipinski definition) is 2. The van der Waals surface area contributed by atoms with Crippen LogP contribution in [0.25, 0.3) is 0 Å². The third-order valence-electron chi connectivity index (χ3n) is 3.07. The Morgan fingerprint density at radius 2 is 1.83 bits per heavy atom. The number of rotatable bonds is 5. The Morgan fingerprint density at radius 1 is 1.17 bits per heavy atom. The molecule has 0 aliphatic heterocycles. The zero-order chi connectivity index (χ0) is 17.7. The van der Waals surface area contributed by atoms with Gasteiger partial charge in [-0.3, -0.25) is 4.79 Å². The minimum Gasteiger partial charge on any atom is -0.506 e. The molecule has 0 spiro atoms. The summed E-state index contributed by atoms with van der Waals surface area (Å²) in [5, 5.41) is 13.6. The SMILES string of the molecule is COc1ccc(C(=O)N/N=C\c2cc(Br)c(O)c(Br)c2)c(OC)c1. The predicted molar refractivity (Wildman–Crippen MR) is 98.1 cm³/mol. The van der Waals surface area contributed by atoms with Crippen LogP contribution in [0.2, 0.25) is 0 Å². The lowest BCUT2D eigenvalue weighted by Gasteiger charge is -2.09. The Kier molecular flexibility index (Phi) is 6.22. The highest BCUT2D eigenvalue weighted by atomic mass is 79.9. The normalized spacial score (nSPS) is 10.7. The maximum absolute atomic E-state index is 12.2. The van der Waals surface area contributed by atoms with Crippen molar-refractivity contribution in [2.24, 2.45) is 5.10 Å². The summed E-state index contributed by atoms with van der Waals surface area (Å²) in [6, 6.07) is 8.21. The highest BCUT2D eigenvalue weighted by molar-refractivity contribution is 9.11. The van der Waals surface area contributed by atoms with Crippen LogP contribution in [0.5, 0.6) is 17.2 Å². The molecule has 0 aliphatic rings. The van der Waals surface area contributed by atoms with E-state index in [1.165, 1.54) is 20.4 Å². The Balaban J connectivity index is 2.13. The molecule has 0 aromatic heterocycles. The van der Waals surface area contributed by atoms with E-state index in [1.54, 1.807) is 30.3 Å². The summed E-state index contributed by atoms with van der Waals surface area (Å²) >= 11 is 6.46. The second kappa shape index (κ2) is 8.16. The fourth-order valence-electron chi connectivity index (χ4n) is 1.87. The van der Waals surface area contributed by atoms with Crippen LogP contribution >= 0.6 is 31.9 Å². The third kappa shape index (κ3) is 4.27. The second-order valence-electron chi connectivity index (χ2n) is 4.60. The van der Waals surface area contributed by atoms with Crippen LogP contribution in [-0.2, 0) is 0 Å². The van der Waals surface area contributed by atoms with Gasteiger partial charge in [-0.2, -0.15) is 5.10 Å². The number of halogens is 2. The third-order valence-corrected chi connectivity index (χ3v) is 4.28. The molecule has 2 aromatic rings. The Labute approximate surface area is 155 Å². The van der Waals surface area contributed by atoms with Gasteiger partial charge in [-0.1, -0.05) is 0 Å². The summed E-state index contributed by atoms with van der Waals surface area (Å²) in [5.74, 6) is 0.657. The summed E-state index contributed by atoms with van der Waals surface area (Å²) in [7, 11) is 3.01. The largest absolute Gasteiger partial charge is 0.506 e. The van der Waals surface area contributed by atoms with Crippen molar-refractivity contribution in [1.82, 2.24) is 5.43 Å². The van der Waals surface area contributed by atoms with Gasteiger partial charge in [-0.15, -0.1) is 0 Å². The Bertz CT molecular complexity index is 771. The van der Waals surface area contributed by atoms with Crippen molar-refractivity contribution >= 4 is 44.0 Å². The summed E-state index contributed by atoms with van der Waals surface area (Å²) in [5.41, 5.74) is 3.45.